The Bertz CT molecular complexity index is 925. The maximum absolute atomic E-state index is 12.3. The SMILES string of the molecule is CCc1nn2c(=O)cc(CN3CCn4cccc4[C@H]3CC)nc2s1. The fourth-order valence-electron chi connectivity index (χ4n) is 3.50. The molecule has 1 atom stereocenters. The van der Waals surface area contributed by atoms with Crippen molar-refractivity contribution in [3.63, 3.8) is 0 Å². The van der Waals surface area contributed by atoms with Crippen LogP contribution in [0.4, 0.5) is 0 Å². The predicted octanol–water partition coefficient (Wildman–Crippen LogP) is 2.48. The van der Waals surface area contributed by atoms with E-state index in [1.807, 2.05) is 6.92 Å². The van der Waals surface area contributed by atoms with Crippen molar-refractivity contribution in [2.24, 2.45) is 0 Å². The highest BCUT2D eigenvalue weighted by molar-refractivity contribution is 7.16. The highest BCUT2D eigenvalue weighted by atomic mass is 32.1. The van der Waals surface area contributed by atoms with Gasteiger partial charge in [-0.15, -0.1) is 0 Å². The first-order chi connectivity index (χ1) is 11.7. The van der Waals surface area contributed by atoms with Crippen molar-refractivity contribution in [2.45, 2.75) is 45.8 Å². The molecule has 7 heteroatoms. The molecule has 0 saturated carbocycles. The number of nitrogens with zero attached hydrogens (tertiary/aromatic N) is 5. The minimum atomic E-state index is -0.0839. The Morgan fingerprint density at radius 1 is 1.33 bits per heavy atom. The molecular weight excluding hydrogens is 322 g/mol. The highest BCUT2D eigenvalue weighted by Gasteiger charge is 2.26. The van der Waals surface area contributed by atoms with E-state index < -0.39 is 0 Å². The molecule has 4 rings (SSSR count). The van der Waals surface area contributed by atoms with Gasteiger partial charge in [-0.25, -0.2) is 4.98 Å². The summed E-state index contributed by atoms with van der Waals surface area (Å²) in [6.07, 6.45) is 4.02. The normalized spacial score (nSPS) is 18.2. The van der Waals surface area contributed by atoms with Gasteiger partial charge < -0.3 is 4.57 Å². The molecule has 0 amide bonds. The van der Waals surface area contributed by atoms with Gasteiger partial charge in [-0.05, 0) is 25.0 Å². The molecule has 0 N–H and O–H groups in total. The maximum Gasteiger partial charge on any atom is 0.275 e. The van der Waals surface area contributed by atoms with E-state index in [1.165, 1.54) is 21.5 Å². The number of hydrogen-bond acceptors (Lipinski definition) is 5. The second kappa shape index (κ2) is 6.14. The lowest BCUT2D eigenvalue weighted by Crippen LogP contribution is -2.37. The average Bonchev–Trinajstić information content (AvgIpc) is 3.21. The Balaban J connectivity index is 1.65. The van der Waals surface area contributed by atoms with Crippen molar-refractivity contribution in [2.75, 3.05) is 6.54 Å². The van der Waals surface area contributed by atoms with Gasteiger partial charge in [0.15, 0.2) is 0 Å². The molecule has 3 aromatic heterocycles. The van der Waals surface area contributed by atoms with Crippen molar-refractivity contribution >= 4 is 16.3 Å². The smallest absolute Gasteiger partial charge is 0.275 e. The Hall–Kier alpha value is -1.99. The molecular formula is C17H21N5OS. The molecule has 1 aliphatic rings. The highest BCUT2D eigenvalue weighted by Crippen LogP contribution is 2.29. The minimum Gasteiger partial charge on any atom is -0.349 e. The third-order valence-electron chi connectivity index (χ3n) is 4.67. The largest absolute Gasteiger partial charge is 0.349 e. The third kappa shape index (κ3) is 2.57. The molecule has 0 spiro atoms. The van der Waals surface area contributed by atoms with Gasteiger partial charge in [-0.2, -0.15) is 9.61 Å². The summed E-state index contributed by atoms with van der Waals surface area (Å²) in [5, 5.41) is 5.26. The Morgan fingerprint density at radius 3 is 3.00 bits per heavy atom. The van der Waals surface area contributed by atoms with E-state index in [4.69, 9.17) is 0 Å². The summed E-state index contributed by atoms with van der Waals surface area (Å²) in [5.41, 5.74) is 2.11. The minimum absolute atomic E-state index is 0.0839. The fraction of sp³-hybridized carbons (Fsp3) is 0.471. The first kappa shape index (κ1) is 15.5. The van der Waals surface area contributed by atoms with Crippen molar-refractivity contribution in [3.05, 3.63) is 51.1 Å². The molecule has 3 aromatic rings. The summed E-state index contributed by atoms with van der Waals surface area (Å²) in [5.74, 6) is 0. The average molecular weight is 343 g/mol. The van der Waals surface area contributed by atoms with Crippen LogP contribution in [0.2, 0.25) is 0 Å². The summed E-state index contributed by atoms with van der Waals surface area (Å²) < 4.78 is 3.75. The molecule has 24 heavy (non-hydrogen) atoms. The van der Waals surface area contributed by atoms with E-state index >= 15 is 0 Å². The lowest BCUT2D eigenvalue weighted by Gasteiger charge is -2.36. The van der Waals surface area contributed by atoms with Gasteiger partial charge in [0.2, 0.25) is 4.96 Å². The van der Waals surface area contributed by atoms with E-state index in [0.29, 0.717) is 17.5 Å². The molecule has 0 aliphatic carbocycles. The zero-order chi connectivity index (χ0) is 16.7. The van der Waals surface area contributed by atoms with Crippen LogP contribution < -0.4 is 5.56 Å². The first-order valence-corrected chi connectivity index (χ1v) is 9.29. The number of aromatic nitrogens is 4. The molecule has 4 heterocycles. The van der Waals surface area contributed by atoms with Crippen LogP contribution in [0.3, 0.4) is 0 Å². The first-order valence-electron chi connectivity index (χ1n) is 8.47. The van der Waals surface area contributed by atoms with E-state index in [2.05, 4.69) is 44.8 Å². The molecule has 0 fully saturated rings. The second-order valence-corrected chi connectivity index (χ2v) is 7.19. The zero-order valence-electron chi connectivity index (χ0n) is 14.0. The van der Waals surface area contributed by atoms with E-state index in [-0.39, 0.29) is 5.56 Å². The van der Waals surface area contributed by atoms with Crippen LogP contribution in [0.15, 0.2) is 29.2 Å². The van der Waals surface area contributed by atoms with E-state index in [0.717, 1.165) is 36.6 Å². The summed E-state index contributed by atoms with van der Waals surface area (Å²) in [4.78, 5) is 20.1. The van der Waals surface area contributed by atoms with Crippen LogP contribution in [0.25, 0.3) is 4.96 Å². The van der Waals surface area contributed by atoms with Gasteiger partial charge in [0, 0.05) is 37.6 Å². The van der Waals surface area contributed by atoms with Crippen LogP contribution in [0, 0.1) is 0 Å². The number of hydrogen-bond donors (Lipinski definition) is 0. The van der Waals surface area contributed by atoms with Crippen molar-refractivity contribution in [1.82, 2.24) is 24.1 Å². The Labute approximate surface area is 144 Å². The van der Waals surface area contributed by atoms with Gasteiger partial charge >= 0.3 is 0 Å². The zero-order valence-corrected chi connectivity index (χ0v) is 14.8. The lowest BCUT2D eigenvalue weighted by molar-refractivity contribution is 0.142. The Morgan fingerprint density at radius 2 is 2.21 bits per heavy atom. The van der Waals surface area contributed by atoms with Gasteiger partial charge in [0.25, 0.3) is 5.56 Å². The molecule has 6 nitrogen and oxygen atoms in total. The van der Waals surface area contributed by atoms with Crippen molar-refractivity contribution < 1.29 is 0 Å². The molecule has 0 unspecified atom stereocenters. The lowest BCUT2D eigenvalue weighted by atomic mass is 10.1. The van der Waals surface area contributed by atoms with Crippen LogP contribution in [-0.4, -0.2) is 30.6 Å². The fourth-order valence-corrected chi connectivity index (χ4v) is 4.35. The monoisotopic (exact) mass is 343 g/mol. The molecule has 0 saturated heterocycles. The molecule has 126 valence electrons. The van der Waals surface area contributed by atoms with Crippen LogP contribution >= 0.6 is 11.3 Å². The predicted molar refractivity (Wildman–Crippen MR) is 94.4 cm³/mol. The van der Waals surface area contributed by atoms with Gasteiger partial charge in [0.05, 0.1) is 11.7 Å². The topological polar surface area (TPSA) is 55.4 Å². The van der Waals surface area contributed by atoms with E-state index in [9.17, 15) is 4.79 Å². The molecule has 0 radical (unpaired) electrons. The van der Waals surface area contributed by atoms with Crippen molar-refractivity contribution in [1.29, 1.82) is 0 Å². The maximum atomic E-state index is 12.3. The standard InChI is InChI=1S/C17H21N5OS/c1-3-13-14-6-5-7-20(14)8-9-21(13)11-12-10-16(23)22-17(18-12)24-15(4-2)19-22/h5-7,10,13H,3-4,8-9,11H2,1-2H3/t13-/m1/s1. The summed E-state index contributed by atoms with van der Waals surface area (Å²) in [7, 11) is 0. The summed E-state index contributed by atoms with van der Waals surface area (Å²) >= 11 is 1.50. The van der Waals surface area contributed by atoms with E-state index in [1.54, 1.807) is 6.07 Å². The van der Waals surface area contributed by atoms with Crippen molar-refractivity contribution in [3.8, 4) is 0 Å². The third-order valence-corrected chi connectivity index (χ3v) is 5.72. The van der Waals surface area contributed by atoms with Gasteiger partial charge in [-0.3, -0.25) is 9.69 Å². The van der Waals surface area contributed by atoms with Crippen LogP contribution in [0.5, 0.6) is 0 Å². The Kier molecular flexibility index (Phi) is 3.97. The van der Waals surface area contributed by atoms with Gasteiger partial charge in [0.1, 0.15) is 5.01 Å². The summed E-state index contributed by atoms with van der Waals surface area (Å²) in [6.45, 7) is 6.92. The van der Waals surface area contributed by atoms with Gasteiger partial charge in [-0.1, -0.05) is 25.2 Å². The van der Waals surface area contributed by atoms with Crippen LogP contribution in [0.1, 0.15) is 42.7 Å². The number of fused-ring (bicyclic) bond motifs is 2. The molecule has 0 bridgehead atoms. The van der Waals surface area contributed by atoms with Crippen LogP contribution in [-0.2, 0) is 19.5 Å². The molecule has 0 aromatic carbocycles. The number of rotatable bonds is 4. The molecule has 1 aliphatic heterocycles. The second-order valence-electron chi connectivity index (χ2n) is 6.15. The quantitative estimate of drug-likeness (QED) is 0.730. The number of aryl methyl sites for hydroxylation is 1. The summed E-state index contributed by atoms with van der Waals surface area (Å²) in [6, 6.07) is 6.32.